The number of phenolic OH excluding ortho intramolecular Hbond substituents is 2. The van der Waals surface area contributed by atoms with Gasteiger partial charge in [-0.05, 0) is 45.4 Å². The fraction of sp³-hybridized carbons (Fsp3) is 0.533. The molecule has 0 amide bonds. The lowest BCUT2D eigenvalue weighted by molar-refractivity contribution is 0.0910. The van der Waals surface area contributed by atoms with Crippen molar-refractivity contribution in [2.75, 3.05) is 6.54 Å². The molecular weight excluding hydrogens is 278 g/mol. The normalized spacial score (nSPS) is 12.6. The molecule has 0 aliphatic carbocycles. The molecule has 1 rings (SSSR count). The predicted octanol–water partition coefficient (Wildman–Crippen LogP) is 3.12. The van der Waals surface area contributed by atoms with Crippen molar-refractivity contribution in [1.29, 1.82) is 0 Å². The number of nitrogens with one attached hydrogen (secondary N) is 1. The summed E-state index contributed by atoms with van der Waals surface area (Å²) in [5.74, 6) is -0.625. The molecule has 0 aliphatic rings. The van der Waals surface area contributed by atoms with E-state index in [1.165, 1.54) is 18.2 Å². The molecule has 1 aromatic carbocycles. The summed E-state index contributed by atoms with van der Waals surface area (Å²) < 4.78 is 0. The van der Waals surface area contributed by atoms with E-state index >= 15 is 0 Å². The molecule has 20 heavy (non-hydrogen) atoms. The molecule has 1 unspecified atom stereocenters. The van der Waals surface area contributed by atoms with E-state index in [2.05, 4.69) is 26.1 Å². The van der Waals surface area contributed by atoms with Crippen LogP contribution in [0.4, 0.5) is 0 Å². The second-order valence-corrected chi connectivity index (χ2v) is 5.80. The van der Waals surface area contributed by atoms with Crippen molar-refractivity contribution < 1.29 is 15.0 Å². The lowest BCUT2D eigenvalue weighted by atomic mass is 9.94. The van der Waals surface area contributed by atoms with Crippen LogP contribution in [-0.4, -0.2) is 28.1 Å². The maximum Gasteiger partial charge on any atom is 0.167 e. The molecule has 0 bridgehead atoms. The number of hydrogen-bond acceptors (Lipinski definition) is 4. The Bertz CT molecular complexity index is 455. The van der Waals surface area contributed by atoms with Crippen molar-refractivity contribution in [1.82, 2.24) is 5.32 Å². The van der Waals surface area contributed by atoms with Crippen molar-refractivity contribution in [3.05, 3.63) is 23.8 Å². The number of benzene rings is 1. The zero-order chi connectivity index (χ0) is 14.6. The fourth-order valence-corrected chi connectivity index (χ4v) is 1.76. The van der Waals surface area contributed by atoms with Crippen molar-refractivity contribution in [3.8, 4) is 11.5 Å². The number of phenols is 2. The highest BCUT2D eigenvalue weighted by atomic mass is 35.5. The second kappa shape index (κ2) is 7.50. The number of hydrogen-bond donors (Lipinski definition) is 3. The van der Waals surface area contributed by atoms with Crippen LogP contribution in [0, 0.1) is 5.92 Å². The zero-order valence-electron chi connectivity index (χ0n) is 12.4. The Hall–Kier alpha value is -1.26. The van der Waals surface area contributed by atoms with Gasteiger partial charge in [-0.2, -0.15) is 0 Å². The van der Waals surface area contributed by atoms with E-state index in [1.54, 1.807) is 0 Å². The van der Waals surface area contributed by atoms with E-state index in [4.69, 9.17) is 0 Å². The van der Waals surface area contributed by atoms with Crippen molar-refractivity contribution >= 4 is 18.2 Å². The van der Waals surface area contributed by atoms with Gasteiger partial charge in [-0.25, -0.2) is 0 Å². The average Bonchev–Trinajstić information content (AvgIpc) is 2.31. The number of ketones is 1. The Labute approximate surface area is 126 Å². The van der Waals surface area contributed by atoms with Gasteiger partial charge in [0.25, 0.3) is 0 Å². The molecule has 3 N–H and O–H groups in total. The van der Waals surface area contributed by atoms with Gasteiger partial charge in [0.15, 0.2) is 17.3 Å². The standard InChI is InChI=1S/C15H23NO3.ClH/c1-5-10(9-16-15(2,3)4)14(19)11-6-7-12(17)13(18)8-11;/h6-8,10,16-18H,5,9H2,1-4H3;1H. The summed E-state index contributed by atoms with van der Waals surface area (Å²) >= 11 is 0. The van der Waals surface area contributed by atoms with Crippen molar-refractivity contribution in [2.45, 2.75) is 39.7 Å². The summed E-state index contributed by atoms with van der Waals surface area (Å²) in [4.78, 5) is 12.3. The van der Waals surface area contributed by atoms with Crippen LogP contribution in [0.5, 0.6) is 11.5 Å². The van der Waals surface area contributed by atoms with Gasteiger partial charge >= 0.3 is 0 Å². The third-order valence-electron chi connectivity index (χ3n) is 3.00. The highest BCUT2D eigenvalue weighted by Gasteiger charge is 2.21. The molecule has 0 fully saturated rings. The lowest BCUT2D eigenvalue weighted by Gasteiger charge is -2.24. The van der Waals surface area contributed by atoms with E-state index in [0.717, 1.165) is 6.42 Å². The van der Waals surface area contributed by atoms with E-state index in [9.17, 15) is 15.0 Å². The fourth-order valence-electron chi connectivity index (χ4n) is 1.76. The Morgan fingerprint density at radius 1 is 1.25 bits per heavy atom. The lowest BCUT2D eigenvalue weighted by Crippen LogP contribution is -2.40. The van der Waals surface area contributed by atoms with Gasteiger partial charge in [-0.1, -0.05) is 6.92 Å². The monoisotopic (exact) mass is 301 g/mol. The van der Waals surface area contributed by atoms with E-state index in [1.807, 2.05) is 6.92 Å². The zero-order valence-corrected chi connectivity index (χ0v) is 13.3. The van der Waals surface area contributed by atoms with Crippen LogP contribution in [0.15, 0.2) is 18.2 Å². The molecule has 0 heterocycles. The molecule has 114 valence electrons. The number of rotatable bonds is 5. The third-order valence-corrected chi connectivity index (χ3v) is 3.00. The van der Waals surface area contributed by atoms with Crippen LogP contribution in [0.25, 0.3) is 0 Å². The molecule has 0 saturated carbocycles. The summed E-state index contributed by atoms with van der Waals surface area (Å²) in [7, 11) is 0. The molecule has 0 radical (unpaired) electrons. The van der Waals surface area contributed by atoms with Gasteiger partial charge in [-0.15, -0.1) is 12.4 Å². The first-order valence-electron chi connectivity index (χ1n) is 6.56. The molecular formula is C15H24ClNO3. The summed E-state index contributed by atoms with van der Waals surface area (Å²) in [6.45, 7) is 8.72. The minimum atomic E-state index is -0.260. The largest absolute Gasteiger partial charge is 0.504 e. The number of halogens is 1. The summed E-state index contributed by atoms with van der Waals surface area (Å²) in [5, 5.41) is 22.0. The van der Waals surface area contributed by atoms with Gasteiger partial charge in [0.1, 0.15) is 0 Å². The molecule has 4 nitrogen and oxygen atoms in total. The summed E-state index contributed by atoms with van der Waals surface area (Å²) in [5.41, 5.74) is 0.392. The first-order chi connectivity index (χ1) is 8.74. The summed E-state index contributed by atoms with van der Waals surface area (Å²) in [6.07, 6.45) is 0.726. The Morgan fingerprint density at radius 2 is 1.85 bits per heavy atom. The first-order valence-corrected chi connectivity index (χ1v) is 6.56. The van der Waals surface area contributed by atoms with E-state index < -0.39 is 0 Å². The van der Waals surface area contributed by atoms with E-state index in [-0.39, 0.29) is 41.1 Å². The smallest absolute Gasteiger partial charge is 0.167 e. The molecule has 0 aliphatic heterocycles. The Kier molecular flexibility index (Phi) is 7.03. The molecule has 0 spiro atoms. The van der Waals surface area contributed by atoms with Gasteiger partial charge in [0.2, 0.25) is 0 Å². The summed E-state index contributed by atoms with van der Waals surface area (Å²) in [6, 6.07) is 4.20. The molecule has 5 heteroatoms. The number of aromatic hydroxyl groups is 2. The number of Topliss-reactive ketones (excluding diaryl/α,β-unsaturated/α-hetero) is 1. The molecule has 1 atom stereocenters. The van der Waals surface area contributed by atoms with Crippen molar-refractivity contribution in [2.24, 2.45) is 5.92 Å². The Balaban J connectivity index is 0.00000361. The maximum atomic E-state index is 12.3. The first kappa shape index (κ1) is 18.7. The van der Waals surface area contributed by atoms with Crippen LogP contribution in [0.1, 0.15) is 44.5 Å². The van der Waals surface area contributed by atoms with Crippen LogP contribution >= 0.6 is 12.4 Å². The van der Waals surface area contributed by atoms with Crippen LogP contribution in [-0.2, 0) is 0 Å². The SMILES string of the molecule is CCC(CNC(C)(C)C)C(=O)c1ccc(O)c(O)c1.Cl. The number of carbonyl (C=O) groups is 1. The van der Waals surface area contributed by atoms with Gasteiger partial charge in [-0.3, -0.25) is 4.79 Å². The predicted molar refractivity (Wildman–Crippen MR) is 82.9 cm³/mol. The van der Waals surface area contributed by atoms with Crippen LogP contribution in [0.2, 0.25) is 0 Å². The highest BCUT2D eigenvalue weighted by Crippen LogP contribution is 2.26. The average molecular weight is 302 g/mol. The minimum Gasteiger partial charge on any atom is -0.504 e. The highest BCUT2D eigenvalue weighted by molar-refractivity contribution is 5.98. The molecule has 1 aromatic rings. The van der Waals surface area contributed by atoms with Gasteiger partial charge < -0.3 is 15.5 Å². The van der Waals surface area contributed by atoms with Crippen molar-refractivity contribution in [3.63, 3.8) is 0 Å². The van der Waals surface area contributed by atoms with Gasteiger partial charge in [0.05, 0.1) is 0 Å². The van der Waals surface area contributed by atoms with Crippen LogP contribution < -0.4 is 5.32 Å². The Morgan fingerprint density at radius 3 is 2.30 bits per heavy atom. The van der Waals surface area contributed by atoms with E-state index in [0.29, 0.717) is 12.1 Å². The maximum absolute atomic E-state index is 12.3. The van der Waals surface area contributed by atoms with Gasteiger partial charge in [0, 0.05) is 23.6 Å². The second-order valence-electron chi connectivity index (χ2n) is 5.80. The third kappa shape index (κ3) is 5.39. The quantitative estimate of drug-likeness (QED) is 0.577. The molecule has 0 saturated heterocycles. The molecule has 0 aromatic heterocycles. The minimum absolute atomic E-state index is 0. The number of carbonyl (C=O) groups excluding carboxylic acids is 1. The van der Waals surface area contributed by atoms with Crippen LogP contribution in [0.3, 0.4) is 0 Å². The topological polar surface area (TPSA) is 69.6 Å².